The lowest BCUT2D eigenvalue weighted by Crippen LogP contribution is -2.00. The van der Waals surface area contributed by atoms with Gasteiger partial charge in [-0.1, -0.05) is 29.3 Å². The summed E-state index contributed by atoms with van der Waals surface area (Å²) in [6.07, 6.45) is 0. The van der Waals surface area contributed by atoms with E-state index in [1.807, 2.05) is 6.07 Å². The lowest BCUT2D eigenvalue weighted by molar-refractivity contribution is 0.618. The van der Waals surface area contributed by atoms with E-state index in [9.17, 15) is 4.39 Å². The maximum atomic E-state index is 13.1. The fourth-order valence-corrected chi connectivity index (χ4v) is 2.13. The van der Waals surface area contributed by atoms with Crippen LogP contribution < -0.4 is 5.32 Å². The van der Waals surface area contributed by atoms with Crippen molar-refractivity contribution in [1.82, 2.24) is 0 Å². The van der Waals surface area contributed by atoms with Gasteiger partial charge in [0.25, 0.3) is 0 Å². The zero-order chi connectivity index (χ0) is 13.1. The third-order valence-electron chi connectivity index (χ3n) is 2.94. The van der Waals surface area contributed by atoms with E-state index in [4.69, 9.17) is 0 Å². The zero-order valence-electron chi connectivity index (χ0n) is 11.0. The minimum absolute atomic E-state index is 0.160. The summed E-state index contributed by atoms with van der Waals surface area (Å²) in [4.78, 5) is 0. The highest BCUT2D eigenvalue weighted by Gasteiger charge is 2.00. The van der Waals surface area contributed by atoms with Crippen LogP contribution >= 0.6 is 0 Å². The fourth-order valence-electron chi connectivity index (χ4n) is 2.13. The highest BCUT2D eigenvalue weighted by atomic mass is 19.1. The Bertz CT molecular complexity index is 541. The number of aryl methyl sites for hydroxylation is 3. The van der Waals surface area contributed by atoms with Gasteiger partial charge in [-0.15, -0.1) is 0 Å². The minimum Gasteiger partial charge on any atom is -0.381 e. The van der Waals surface area contributed by atoms with Crippen LogP contribution in [0.4, 0.5) is 10.1 Å². The second kappa shape index (κ2) is 5.21. The van der Waals surface area contributed by atoms with Gasteiger partial charge in [-0.3, -0.25) is 0 Å². The fraction of sp³-hybridized carbons (Fsp3) is 0.250. The van der Waals surface area contributed by atoms with E-state index in [0.29, 0.717) is 5.56 Å². The average molecular weight is 243 g/mol. The van der Waals surface area contributed by atoms with E-state index in [2.05, 4.69) is 37.4 Å². The topological polar surface area (TPSA) is 12.0 Å². The van der Waals surface area contributed by atoms with Gasteiger partial charge < -0.3 is 5.32 Å². The summed E-state index contributed by atoms with van der Waals surface area (Å²) in [7, 11) is 0. The van der Waals surface area contributed by atoms with Gasteiger partial charge in [0, 0.05) is 12.2 Å². The van der Waals surface area contributed by atoms with Crippen molar-refractivity contribution in [2.45, 2.75) is 27.3 Å². The lowest BCUT2D eigenvalue weighted by Gasteiger charge is -2.09. The molecule has 0 heterocycles. The highest BCUT2D eigenvalue weighted by molar-refractivity contribution is 5.46. The van der Waals surface area contributed by atoms with Crippen molar-refractivity contribution in [3.63, 3.8) is 0 Å². The van der Waals surface area contributed by atoms with Gasteiger partial charge >= 0.3 is 0 Å². The molecule has 2 rings (SSSR count). The Hall–Kier alpha value is -1.83. The maximum Gasteiger partial charge on any atom is 0.126 e. The molecule has 2 aromatic rings. The van der Waals surface area contributed by atoms with Crippen LogP contribution in [0, 0.1) is 26.6 Å². The van der Waals surface area contributed by atoms with Crippen molar-refractivity contribution in [1.29, 1.82) is 0 Å². The number of halogens is 1. The second-order valence-electron chi connectivity index (χ2n) is 4.81. The Morgan fingerprint density at radius 2 is 1.61 bits per heavy atom. The van der Waals surface area contributed by atoms with Crippen LogP contribution in [0.25, 0.3) is 0 Å². The van der Waals surface area contributed by atoms with Crippen molar-refractivity contribution < 1.29 is 4.39 Å². The normalized spacial score (nSPS) is 10.4. The van der Waals surface area contributed by atoms with Crippen LogP contribution in [0.1, 0.15) is 22.3 Å². The molecule has 0 amide bonds. The molecule has 0 spiro atoms. The Kier molecular flexibility index (Phi) is 3.66. The molecule has 1 N–H and O–H groups in total. The molecular formula is C16H18FN. The molecule has 0 aromatic heterocycles. The first kappa shape index (κ1) is 12.6. The summed E-state index contributed by atoms with van der Waals surface area (Å²) in [5.74, 6) is -0.160. The van der Waals surface area contributed by atoms with E-state index in [1.165, 1.54) is 22.8 Å². The molecule has 0 bridgehead atoms. The largest absolute Gasteiger partial charge is 0.381 e. The molecule has 0 fully saturated rings. The average Bonchev–Trinajstić information content (AvgIpc) is 2.29. The molecule has 18 heavy (non-hydrogen) atoms. The minimum atomic E-state index is -0.160. The molecule has 0 radical (unpaired) electrons. The first-order valence-corrected chi connectivity index (χ1v) is 6.12. The van der Waals surface area contributed by atoms with Crippen LogP contribution in [0.5, 0.6) is 0 Å². The standard InChI is InChI=1S/C16H18FN/c1-11-6-12(2)8-14(7-11)10-18-15-4-5-16(17)13(3)9-15/h4-9,18H,10H2,1-3H3. The quantitative estimate of drug-likeness (QED) is 0.844. The van der Waals surface area contributed by atoms with Crippen LogP contribution in [-0.4, -0.2) is 0 Å². The monoisotopic (exact) mass is 243 g/mol. The van der Waals surface area contributed by atoms with Crippen LogP contribution in [0.15, 0.2) is 36.4 Å². The van der Waals surface area contributed by atoms with E-state index < -0.39 is 0 Å². The Balaban J connectivity index is 2.08. The summed E-state index contributed by atoms with van der Waals surface area (Å²) >= 11 is 0. The molecular weight excluding hydrogens is 225 g/mol. The van der Waals surface area contributed by atoms with Gasteiger partial charge in [-0.25, -0.2) is 4.39 Å². The second-order valence-corrected chi connectivity index (χ2v) is 4.81. The molecule has 0 atom stereocenters. The van der Waals surface area contributed by atoms with Gasteiger partial charge in [-0.2, -0.15) is 0 Å². The molecule has 0 unspecified atom stereocenters. The van der Waals surface area contributed by atoms with Gasteiger partial charge in [0.15, 0.2) is 0 Å². The van der Waals surface area contributed by atoms with Crippen molar-refractivity contribution in [3.8, 4) is 0 Å². The molecule has 2 aromatic carbocycles. The van der Waals surface area contributed by atoms with E-state index >= 15 is 0 Å². The molecule has 94 valence electrons. The van der Waals surface area contributed by atoms with Crippen molar-refractivity contribution in [2.75, 3.05) is 5.32 Å². The highest BCUT2D eigenvalue weighted by Crippen LogP contribution is 2.15. The van der Waals surface area contributed by atoms with Gasteiger partial charge in [0.1, 0.15) is 5.82 Å². The van der Waals surface area contributed by atoms with Crippen molar-refractivity contribution in [2.24, 2.45) is 0 Å². The van der Waals surface area contributed by atoms with E-state index in [-0.39, 0.29) is 5.82 Å². The third-order valence-corrected chi connectivity index (χ3v) is 2.94. The molecule has 0 saturated heterocycles. The molecule has 0 aliphatic rings. The third kappa shape index (κ3) is 3.10. The number of benzene rings is 2. The lowest BCUT2D eigenvalue weighted by atomic mass is 10.1. The first-order valence-electron chi connectivity index (χ1n) is 6.12. The Morgan fingerprint density at radius 1 is 0.944 bits per heavy atom. The Labute approximate surface area is 108 Å². The summed E-state index contributed by atoms with van der Waals surface area (Å²) in [6.45, 7) is 6.72. The van der Waals surface area contributed by atoms with E-state index in [0.717, 1.165) is 12.2 Å². The van der Waals surface area contributed by atoms with Crippen LogP contribution in [0.3, 0.4) is 0 Å². The predicted octanol–water partition coefficient (Wildman–Crippen LogP) is 4.36. The molecule has 2 heteroatoms. The molecule has 0 aliphatic carbocycles. The summed E-state index contributed by atoms with van der Waals surface area (Å²) < 4.78 is 13.1. The van der Waals surface area contributed by atoms with Crippen molar-refractivity contribution >= 4 is 5.69 Å². The molecule has 1 nitrogen and oxygen atoms in total. The van der Waals surface area contributed by atoms with Crippen molar-refractivity contribution in [3.05, 3.63) is 64.5 Å². The molecule has 0 saturated carbocycles. The Morgan fingerprint density at radius 3 is 2.22 bits per heavy atom. The maximum absolute atomic E-state index is 13.1. The number of anilines is 1. The van der Waals surface area contributed by atoms with E-state index in [1.54, 1.807) is 13.0 Å². The summed E-state index contributed by atoms with van der Waals surface area (Å²) in [6, 6.07) is 11.6. The van der Waals surface area contributed by atoms with Crippen LogP contribution in [-0.2, 0) is 6.54 Å². The smallest absolute Gasteiger partial charge is 0.126 e. The first-order chi connectivity index (χ1) is 8.54. The summed E-state index contributed by atoms with van der Waals surface area (Å²) in [5, 5.41) is 3.32. The van der Waals surface area contributed by atoms with Gasteiger partial charge in [0.05, 0.1) is 0 Å². The van der Waals surface area contributed by atoms with Gasteiger partial charge in [-0.05, 0) is 50.1 Å². The van der Waals surface area contributed by atoms with Gasteiger partial charge in [0.2, 0.25) is 0 Å². The number of nitrogens with one attached hydrogen (secondary N) is 1. The number of hydrogen-bond donors (Lipinski definition) is 1. The molecule has 0 aliphatic heterocycles. The predicted molar refractivity (Wildman–Crippen MR) is 74.4 cm³/mol. The SMILES string of the molecule is Cc1cc(C)cc(CNc2ccc(F)c(C)c2)c1. The summed E-state index contributed by atoms with van der Waals surface area (Å²) in [5.41, 5.74) is 5.40. The zero-order valence-corrected chi connectivity index (χ0v) is 11.0. The number of hydrogen-bond acceptors (Lipinski definition) is 1. The van der Waals surface area contributed by atoms with Crippen LogP contribution in [0.2, 0.25) is 0 Å². The number of rotatable bonds is 3.